The molecule has 7 heteroatoms. The van der Waals surface area contributed by atoms with E-state index in [2.05, 4.69) is 16.0 Å². The summed E-state index contributed by atoms with van der Waals surface area (Å²) in [6.07, 6.45) is 5.18. The lowest BCUT2D eigenvalue weighted by Gasteiger charge is -2.22. The smallest absolute Gasteiger partial charge is 0.408 e. The van der Waals surface area contributed by atoms with Crippen LogP contribution in [0.3, 0.4) is 0 Å². The molecule has 0 heterocycles. The molecule has 0 spiro atoms. The van der Waals surface area contributed by atoms with E-state index in [1.807, 2.05) is 60.7 Å². The average molecular weight is 500 g/mol. The Hall–Kier alpha value is -4.13. The molecule has 1 saturated carbocycles. The fraction of sp³-hybridized carbons (Fsp3) is 0.300. The van der Waals surface area contributed by atoms with Gasteiger partial charge in [0.2, 0.25) is 5.91 Å². The van der Waals surface area contributed by atoms with Crippen LogP contribution in [-0.2, 0) is 22.6 Å². The van der Waals surface area contributed by atoms with Crippen molar-refractivity contribution in [3.05, 3.63) is 102 Å². The lowest BCUT2D eigenvalue weighted by atomic mass is 9.95. The Morgan fingerprint density at radius 1 is 0.784 bits per heavy atom. The third kappa shape index (κ3) is 8.20. The Morgan fingerprint density at radius 2 is 1.41 bits per heavy atom. The maximum absolute atomic E-state index is 13.1. The van der Waals surface area contributed by atoms with E-state index < -0.39 is 12.1 Å². The lowest BCUT2D eigenvalue weighted by Crippen LogP contribution is -2.45. The first kappa shape index (κ1) is 25.9. The molecule has 1 fully saturated rings. The topological polar surface area (TPSA) is 96.5 Å². The molecule has 3 N–H and O–H groups in total. The summed E-state index contributed by atoms with van der Waals surface area (Å²) in [4.78, 5) is 38.2. The number of nitrogens with one attached hydrogen (secondary N) is 3. The fourth-order valence-corrected chi connectivity index (χ4v) is 4.42. The number of hydrogen-bond donors (Lipinski definition) is 3. The minimum Gasteiger partial charge on any atom is -0.445 e. The van der Waals surface area contributed by atoms with Crippen molar-refractivity contribution in [1.29, 1.82) is 0 Å². The minimum absolute atomic E-state index is 0.102. The van der Waals surface area contributed by atoms with E-state index in [4.69, 9.17) is 4.74 Å². The Bertz CT molecular complexity index is 1160. The van der Waals surface area contributed by atoms with E-state index in [1.165, 1.54) is 6.42 Å². The third-order valence-corrected chi connectivity index (χ3v) is 6.46. The molecule has 3 aromatic carbocycles. The summed E-state index contributed by atoms with van der Waals surface area (Å²) in [6, 6.07) is 25.0. The van der Waals surface area contributed by atoms with E-state index in [9.17, 15) is 14.4 Å². The molecular formula is C30H33N3O4. The number of benzene rings is 3. The zero-order chi connectivity index (χ0) is 25.9. The number of alkyl carbamates (subject to hydrolysis) is 1. The van der Waals surface area contributed by atoms with Gasteiger partial charge in [0.15, 0.2) is 0 Å². The van der Waals surface area contributed by atoms with Crippen molar-refractivity contribution in [2.75, 3.05) is 5.32 Å². The van der Waals surface area contributed by atoms with Gasteiger partial charge >= 0.3 is 6.09 Å². The number of hydrogen-bond acceptors (Lipinski definition) is 4. The van der Waals surface area contributed by atoms with Crippen LogP contribution in [0.4, 0.5) is 10.5 Å². The molecule has 3 aromatic rings. The Balaban J connectivity index is 1.36. The van der Waals surface area contributed by atoms with Crippen molar-refractivity contribution in [2.45, 2.75) is 57.2 Å². The molecule has 0 unspecified atom stereocenters. The summed E-state index contributed by atoms with van der Waals surface area (Å²) >= 11 is 0. The number of anilines is 1. The van der Waals surface area contributed by atoms with Gasteiger partial charge in [-0.3, -0.25) is 9.59 Å². The van der Waals surface area contributed by atoms with Crippen LogP contribution in [0.1, 0.15) is 53.6 Å². The minimum atomic E-state index is -0.847. The van der Waals surface area contributed by atoms with Crippen molar-refractivity contribution in [3.63, 3.8) is 0 Å². The third-order valence-electron chi connectivity index (χ3n) is 6.46. The zero-order valence-electron chi connectivity index (χ0n) is 20.8. The van der Waals surface area contributed by atoms with Crippen molar-refractivity contribution < 1.29 is 19.1 Å². The Morgan fingerprint density at radius 3 is 2.05 bits per heavy atom. The van der Waals surface area contributed by atoms with Gasteiger partial charge in [-0.15, -0.1) is 0 Å². The highest BCUT2D eigenvalue weighted by Crippen LogP contribution is 2.18. The van der Waals surface area contributed by atoms with E-state index in [1.54, 1.807) is 24.3 Å². The highest BCUT2D eigenvalue weighted by molar-refractivity contribution is 5.98. The second-order valence-electron chi connectivity index (χ2n) is 9.32. The maximum atomic E-state index is 13.1. The van der Waals surface area contributed by atoms with E-state index in [0.29, 0.717) is 17.7 Å². The molecule has 0 saturated heterocycles. The molecule has 4 rings (SSSR count). The van der Waals surface area contributed by atoms with Crippen LogP contribution in [0, 0.1) is 0 Å². The van der Waals surface area contributed by atoms with Crippen LogP contribution in [0.15, 0.2) is 84.9 Å². The predicted molar refractivity (Wildman–Crippen MR) is 143 cm³/mol. The van der Waals surface area contributed by atoms with E-state index in [0.717, 1.165) is 36.8 Å². The Kier molecular flexibility index (Phi) is 9.29. The molecule has 0 bridgehead atoms. The van der Waals surface area contributed by atoms with Crippen LogP contribution in [-0.4, -0.2) is 30.0 Å². The highest BCUT2D eigenvalue weighted by Gasteiger charge is 2.23. The summed E-state index contributed by atoms with van der Waals surface area (Å²) < 4.78 is 5.33. The van der Waals surface area contributed by atoms with Gasteiger partial charge in [-0.2, -0.15) is 0 Å². The fourth-order valence-electron chi connectivity index (χ4n) is 4.42. The van der Waals surface area contributed by atoms with Gasteiger partial charge in [0.05, 0.1) is 0 Å². The highest BCUT2D eigenvalue weighted by atomic mass is 16.5. The number of rotatable bonds is 9. The standard InChI is InChI=1S/C30H33N3O4/c34-28(31-25-14-8-3-9-15-25)24-16-18-26(19-17-24)32-29(35)27(20-22-10-4-1-5-11-22)33-30(36)37-21-23-12-6-2-7-13-23/h1-2,4-7,10-13,16-19,25,27H,3,8-9,14-15,20-21H2,(H,31,34)(H,32,35)(H,33,36)/t27-/m0/s1. The first-order valence-corrected chi connectivity index (χ1v) is 12.8. The van der Waals surface area contributed by atoms with Crippen LogP contribution >= 0.6 is 0 Å². The van der Waals surface area contributed by atoms with Crippen molar-refractivity contribution in [1.82, 2.24) is 10.6 Å². The molecule has 0 aliphatic heterocycles. The molecule has 7 nitrogen and oxygen atoms in total. The zero-order valence-corrected chi connectivity index (χ0v) is 20.8. The van der Waals surface area contributed by atoms with Gasteiger partial charge in [0.25, 0.3) is 5.91 Å². The molecule has 1 aliphatic rings. The maximum Gasteiger partial charge on any atom is 0.408 e. The molecule has 1 aliphatic carbocycles. The summed E-state index contributed by atoms with van der Waals surface area (Å²) in [5.74, 6) is -0.477. The quantitative estimate of drug-likeness (QED) is 0.376. The van der Waals surface area contributed by atoms with Gasteiger partial charge in [-0.05, 0) is 48.2 Å². The largest absolute Gasteiger partial charge is 0.445 e. The van der Waals surface area contributed by atoms with E-state index in [-0.39, 0.29) is 24.5 Å². The molecule has 0 radical (unpaired) electrons. The van der Waals surface area contributed by atoms with Gasteiger partial charge in [0.1, 0.15) is 12.6 Å². The average Bonchev–Trinajstić information content (AvgIpc) is 2.93. The normalized spacial score (nSPS) is 14.3. The first-order chi connectivity index (χ1) is 18.1. The summed E-state index contributed by atoms with van der Waals surface area (Å²) in [7, 11) is 0. The molecule has 0 aromatic heterocycles. The summed E-state index contributed by atoms with van der Waals surface area (Å²) in [6.45, 7) is 0.108. The van der Waals surface area contributed by atoms with Gasteiger partial charge < -0.3 is 20.7 Å². The second kappa shape index (κ2) is 13.3. The van der Waals surface area contributed by atoms with Gasteiger partial charge in [-0.1, -0.05) is 79.9 Å². The van der Waals surface area contributed by atoms with Crippen LogP contribution < -0.4 is 16.0 Å². The predicted octanol–water partition coefficient (Wildman–Crippen LogP) is 5.23. The molecular weight excluding hydrogens is 466 g/mol. The van der Waals surface area contributed by atoms with Crippen LogP contribution in [0.5, 0.6) is 0 Å². The van der Waals surface area contributed by atoms with E-state index >= 15 is 0 Å². The number of amides is 3. The van der Waals surface area contributed by atoms with Gasteiger partial charge in [-0.25, -0.2) is 4.79 Å². The second-order valence-corrected chi connectivity index (χ2v) is 9.32. The lowest BCUT2D eigenvalue weighted by molar-refractivity contribution is -0.118. The van der Waals surface area contributed by atoms with Crippen molar-refractivity contribution in [2.24, 2.45) is 0 Å². The number of carbonyl (C=O) groups is 3. The SMILES string of the molecule is O=C(N[C@@H](Cc1ccccc1)C(=O)Nc1ccc(C(=O)NC2CCCCC2)cc1)OCc1ccccc1. The molecule has 3 amide bonds. The molecule has 37 heavy (non-hydrogen) atoms. The van der Waals surface area contributed by atoms with Crippen LogP contribution in [0.2, 0.25) is 0 Å². The number of ether oxygens (including phenoxy) is 1. The molecule has 192 valence electrons. The monoisotopic (exact) mass is 499 g/mol. The van der Waals surface area contributed by atoms with Crippen molar-refractivity contribution in [3.8, 4) is 0 Å². The first-order valence-electron chi connectivity index (χ1n) is 12.8. The van der Waals surface area contributed by atoms with Crippen LogP contribution in [0.25, 0.3) is 0 Å². The Labute approximate surface area is 217 Å². The summed E-state index contributed by atoms with van der Waals surface area (Å²) in [5, 5.41) is 8.64. The van der Waals surface area contributed by atoms with Crippen molar-refractivity contribution >= 4 is 23.6 Å². The molecule has 1 atom stereocenters. The van der Waals surface area contributed by atoms with Gasteiger partial charge in [0, 0.05) is 23.7 Å². The number of carbonyl (C=O) groups excluding carboxylic acids is 3. The summed E-state index contributed by atoms with van der Waals surface area (Å²) in [5.41, 5.74) is 2.85.